The molecule has 12 heteroatoms. The SMILES string of the molecule is CCOc1ccc(-c2nc(Nc3cc(N(CC)CC)ccc3N=Nc3ccc(Cl)cc3)nc(-c3ccc(OCC)cc3O)n2)c(O)c1. The molecule has 0 aliphatic carbocycles. The standard InChI is InChI=1S/C35H36ClN7O4/c1-5-43(6-2)24-13-18-29(42-41-23-11-9-22(36)10-12-23)30(19-24)37-35-39-33(27-16-14-25(46-7-3)20-31(27)44)38-34(40-35)28-17-15-26(47-8-4)21-32(28)45/h9-21,44-45H,5-8H2,1-4H3,(H,37,38,39,40). The summed E-state index contributed by atoms with van der Waals surface area (Å²) in [5.74, 6) is 1.38. The van der Waals surface area contributed by atoms with Crippen LogP contribution in [0.4, 0.5) is 28.7 Å². The van der Waals surface area contributed by atoms with Crippen LogP contribution in [0.15, 0.2) is 89.1 Å². The highest BCUT2D eigenvalue weighted by Crippen LogP contribution is 2.37. The molecule has 0 radical (unpaired) electrons. The molecule has 1 aromatic heterocycles. The molecule has 0 aliphatic heterocycles. The number of hydrogen-bond donors (Lipinski definition) is 3. The molecule has 11 nitrogen and oxygen atoms in total. The number of anilines is 3. The van der Waals surface area contributed by atoms with Crippen molar-refractivity contribution in [2.75, 3.05) is 36.5 Å². The number of hydrogen-bond acceptors (Lipinski definition) is 11. The number of nitrogens with one attached hydrogen (secondary N) is 1. The fraction of sp³-hybridized carbons (Fsp3) is 0.229. The van der Waals surface area contributed by atoms with Crippen LogP contribution in [0.3, 0.4) is 0 Å². The number of phenols is 2. The number of rotatable bonds is 13. The van der Waals surface area contributed by atoms with Gasteiger partial charge in [-0.05, 0) is 94.4 Å². The van der Waals surface area contributed by atoms with Crippen molar-refractivity contribution in [2.24, 2.45) is 10.2 Å². The van der Waals surface area contributed by atoms with Gasteiger partial charge in [-0.2, -0.15) is 15.1 Å². The summed E-state index contributed by atoms with van der Waals surface area (Å²) in [4.78, 5) is 16.2. The van der Waals surface area contributed by atoms with Gasteiger partial charge >= 0.3 is 0 Å². The second-order valence-corrected chi connectivity index (χ2v) is 10.6. The van der Waals surface area contributed by atoms with E-state index in [1.54, 1.807) is 48.5 Å². The van der Waals surface area contributed by atoms with Crippen molar-refractivity contribution in [1.82, 2.24) is 15.0 Å². The monoisotopic (exact) mass is 653 g/mol. The predicted octanol–water partition coefficient (Wildman–Crippen LogP) is 9.07. The molecule has 4 aromatic carbocycles. The van der Waals surface area contributed by atoms with E-state index >= 15 is 0 Å². The molecule has 0 spiro atoms. The molecule has 0 atom stereocenters. The largest absolute Gasteiger partial charge is 0.507 e. The van der Waals surface area contributed by atoms with Gasteiger partial charge < -0.3 is 29.9 Å². The lowest BCUT2D eigenvalue weighted by Crippen LogP contribution is -2.21. The molecule has 47 heavy (non-hydrogen) atoms. The number of benzene rings is 4. The zero-order valence-electron chi connectivity index (χ0n) is 26.6. The maximum Gasteiger partial charge on any atom is 0.231 e. The zero-order chi connectivity index (χ0) is 33.3. The lowest BCUT2D eigenvalue weighted by Gasteiger charge is -2.22. The average Bonchev–Trinajstić information content (AvgIpc) is 3.06. The number of aromatic nitrogens is 3. The van der Waals surface area contributed by atoms with Gasteiger partial charge in [-0.1, -0.05) is 11.6 Å². The van der Waals surface area contributed by atoms with E-state index < -0.39 is 0 Å². The van der Waals surface area contributed by atoms with E-state index in [1.165, 1.54) is 12.1 Å². The third-order valence-corrected chi connectivity index (χ3v) is 7.38. The average molecular weight is 654 g/mol. The Morgan fingerprint density at radius 2 is 1.28 bits per heavy atom. The maximum atomic E-state index is 10.9. The third-order valence-electron chi connectivity index (χ3n) is 7.13. The van der Waals surface area contributed by atoms with Gasteiger partial charge in [0.15, 0.2) is 11.6 Å². The normalized spacial score (nSPS) is 11.1. The lowest BCUT2D eigenvalue weighted by atomic mass is 10.1. The molecule has 1 heterocycles. The maximum absolute atomic E-state index is 10.9. The second kappa shape index (κ2) is 15.2. The topological polar surface area (TPSA) is 138 Å². The zero-order valence-corrected chi connectivity index (χ0v) is 27.4. The number of nitrogens with zero attached hydrogens (tertiary/aromatic N) is 6. The molecule has 0 bridgehead atoms. The van der Waals surface area contributed by atoms with E-state index in [0.29, 0.717) is 57.9 Å². The summed E-state index contributed by atoms with van der Waals surface area (Å²) in [6.45, 7) is 10.4. The number of aromatic hydroxyl groups is 2. The number of phenolic OH excluding ortho intramolecular Hbond substituents is 2. The highest BCUT2D eigenvalue weighted by Gasteiger charge is 2.18. The molecule has 0 saturated heterocycles. The number of halogens is 1. The van der Waals surface area contributed by atoms with Crippen molar-refractivity contribution in [3.05, 3.63) is 83.9 Å². The van der Waals surface area contributed by atoms with Crippen LogP contribution < -0.4 is 19.7 Å². The molecule has 0 saturated carbocycles. The van der Waals surface area contributed by atoms with Gasteiger partial charge in [-0.3, -0.25) is 0 Å². The van der Waals surface area contributed by atoms with Crippen LogP contribution in [0, 0.1) is 0 Å². The summed E-state index contributed by atoms with van der Waals surface area (Å²) in [5.41, 5.74) is 3.42. The minimum atomic E-state index is -0.0732. The van der Waals surface area contributed by atoms with Crippen LogP contribution in [0.5, 0.6) is 23.0 Å². The summed E-state index contributed by atoms with van der Waals surface area (Å²) >= 11 is 6.05. The van der Waals surface area contributed by atoms with Crippen LogP contribution in [-0.2, 0) is 0 Å². The molecule has 3 N–H and O–H groups in total. The van der Waals surface area contributed by atoms with E-state index in [1.807, 2.05) is 32.0 Å². The summed E-state index contributed by atoms with van der Waals surface area (Å²) in [6.07, 6.45) is 0. The number of ether oxygens (including phenoxy) is 2. The molecular weight excluding hydrogens is 618 g/mol. The van der Waals surface area contributed by atoms with Gasteiger partial charge in [0.1, 0.15) is 28.7 Å². The van der Waals surface area contributed by atoms with Gasteiger partial charge in [-0.15, -0.1) is 5.11 Å². The van der Waals surface area contributed by atoms with Gasteiger partial charge in [0.2, 0.25) is 5.95 Å². The van der Waals surface area contributed by atoms with Crippen molar-refractivity contribution in [3.8, 4) is 45.8 Å². The third kappa shape index (κ3) is 8.06. The van der Waals surface area contributed by atoms with Crippen LogP contribution in [0.1, 0.15) is 27.7 Å². The van der Waals surface area contributed by atoms with Crippen LogP contribution in [0.2, 0.25) is 5.02 Å². The first kappa shape index (κ1) is 33.0. The summed E-state index contributed by atoms with van der Waals surface area (Å²) in [6, 6.07) is 22.7. The molecule has 5 aromatic rings. The molecule has 0 unspecified atom stereocenters. The molecule has 5 rings (SSSR count). The van der Waals surface area contributed by atoms with E-state index in [2.05, 4.69) is 49.2 Å². The first-order chi connectivity index (χ1) is 22.8. The Hall–Kier alpha value is -5.42. The fourth-order valence-electron chi connectivity index (χ4n) is 4.82. The quantitative estimate of drug-likeness (QED) is 0.106. The van der Waals surface area contributed by atoms with Crippen LogP contribution in [0.25, 0.3) is 22.8 Å². The Morgan fingerprint density at radius 1 is 0.702 bits per heavy atom. The second-order valence-electron chi connectivity index (χ2n) is 10.2. The van der Waals surface area contributed by atoms with Gasteiger partial charge in [0.05, 0.1) is 35.7 Å². The van der Waals surface area contributed by atoms with Gasteiger partial charge in [0, 0.05) is 35.9 Å². The lowest BCUT2D eigenvalue weighted by molar-refractivity contribution is 0.337. The first-order valence-electron chi connectivity index (χ1n) is 15.3. The van der Waals surface area contributed by atoms with Crippen LogP contribution in [-0.4, -0.2) is 51.5 Å². The Kier molecular flexibility index (Phi) is 10.7. The van der Waals surface area contributed by atoms with Crippen molar-refractivity contribution < 1.29 is 19.7 Å². The van der Waals surface area contributed by atoms with Gasteiger partial charge in [0.25, 0.3) is 0 Å². The van der Waals surface area contributed by atoms with Crippen molar-refractivity contribution in [2.45, 2.75) is 27.7 Å². The van der Waals surface area contributed by atoms with E-state index in [9.17, 15) is 10.2 Å². The van der Waals surface area contributed by atoms with E-state index in [4.69, 9.17) is 21.1 Å². The fourth-order valence-corrected chi connectivity index (χ4v) is 4.95. The number of azo groups is 1. The van der Waals surface area contributed by atoms with E-state index in [-0.39, 0.29) is 29.1 Å². The highest BCUT2D eigenvalue weighted by atomic mass is 35.5. The molecule has 0 aliphatic rings. The highest BCUT2D eigenvalue weighted by molar-refractivity contribution is 6.30. The Morgan fingerprint density at radius 3 is 1.79 bits per heavy atom. The Balaban J connectivity index is 1.63. The Bertz CT molecular complexity index is 1790. The molecule has 242 valence electrons. The summed E-state index contributed by atoms with van der Waals surface area (Å²) in [7, 11) is 0. The molecular formula is C35H36ClN7O4. The van der Waals surface area contributed by atoms with Crippen molar-refractivity contribution in [3.63, 3.8) is 0 Å². The predicted molar refractivity (Wildman–Crippen MR) is 185 cm³/mol. The minimum absolute atomic E-state index is 0.0732. The van der Waals surface area contributed by atoms with Crippen molar-refractivity contribution >= 4 is 40.3 Å². The minimum Gasteiger partial charge on any atom is -0.507 e. The Labute approximate surface area is 278 Å². The first-order valence-corrected chi connectivity index (χ1v) is 15.7. The summed E-state index contributed by atoms with van der Waals surface area (Å²) in [5, 5.41) is 34.7. The van der Waals surface area contributed by atoms with Gasteiger partial charge in [-0.25, -0.2) is 4.98 Å². The van der Waals surface area contributed by atoms with E-state index in [0.717, 1.165) is 18.8 Å². The summed E-state index contributed by atoms with van der Waals surface area (Å²) < 4.78 is 11.1. The van der Waals surface area contributed by atoms with Crippen molar-refractivity contribution in [1.29, 1.82) is 0 Å². The molecule has 0 fully saturated rings. The van der Waals surface area contributed by atoms with Crippen LogP contribution >= 0.6 is 11.6 Å². The molecule has 0 amide bonds. The smallest absolute Gasteiger partial charge is 0.231 e.